The average Bonchev–Trinajstić information content (AvgIpc) is 3.13. The van der Waals surface area contributed by atoms with E-state index in [9.17, 15) is 4.79 Å². The lowest BCUT2D eigenvalue weighted by atomic mass is 10.0. The molecule has 0 saturated heterocycles. The third-order valence-corrected chi connectivity index (χ3v) is 4.54. The predicted octanol–water partition coefficient (Wildman–Crippen LogP) is 5.18. The molecule has 0 bridgehead atoms. The van der Waals surface area contributed by atoms with Crippen LogP contribution in [0.3, 0.4) is 0 Å². The Morgan fingerprint density at radius 1 is 1.00 bits per heavy atom. The quantitative estimate of drug-likeness (QED) is 0.473. The summed E-state index contributed by atoms with van der Waals surface area (Å²) in [5.74, 6) is -0.412. The van der Waals surface area contributed by atoms with E-state index in [0.29, 0.717) is 12.3 Å². The molecule has 27 heavy (non-hydrogen) atoms. The van der Waals surface area contributed by atoms with E-state index < -0.39 is 5.97 Å². The molecule has 0 N–H and O–H groups in total. The van der Waals surface area contributed by atoms with Crippen LogP contribution in [0, 0.1) is 6.92 Å². The summed E-state index contributed by atoms with van der Waals surface area (Å²) in [6.07, 6.45) is 0. The summed E-state index contributed by atoms with van der Waals surface area (Å²) < 4.78 is 6.97. The Balaban J connectivity index is 1.95. The van der Waals surface area contributed by atoms with Crippen LogP contribution in [0.2, 0.25) is 0 Å². The Bertz CT molecular complexity index is 1110. The minimum absolute atomic E-state index is 0.306. The summed E-state index contributed by atoms with van der Waals surface area (Å²) in [5, 5.41) is 6.81. The smallest absolute Gasteiger partial charge is 0.358 e. The molecule has 3 aromatic carbocycles. The maximum Gasteiger partial charge on any atom is 0.358 e. The van der Waals surface area contributed by atoms with Gasteiger partial charge >= 0.3 is 5.97 Å². The normalized spacial score (nSPS) is 10.9. The van der Waals surface area contributed by atoms with E-state index in [0.717, 1.165) is 27.7 Å². The SMILES string of the molecule is CCOC(=O)c1cc(-c2cccc3ccccc23)n(-c2ccc(C)cc2)n1. The molecule has 4 aromatic rings. The molecule has 0 aliphatic rings. The van der Waals surface area contributed by atoms with Crippen LogP contribution in [0.4, 0.5) is 0 Å². The highest BCUT2D eigenvalue weighted by Crippen LogP contribution is 2.31. The molecule has 0 unspecified atom stereocenters. The minimum atomic E-state index is -0.412. The van der Waals surface area contributed by atoms with Gasteiger partial charge in [-0.05, 0) is 42.8 Å². The van der Waals surface area contributed by atoms with Crippen molar-refractivity contribution in [1.82, 2.24) is 9.78 Å². The highest BCUT2D eigenvalue weighted by atomic mass is 16.5. The van der Waals surface area contributed by atoms with E-state index in [-0.39, 0.29) is 0 Å². The zero-order chi connectivity index (χ0) is 18.8. The second kappa shape index (κ2) is 7.08. The van der Waals surface area contributed by atoms with Crippen molar-refractivity contribution in [2.75, 3.05) is 6.61 Å². The molecule has 0 saturated carbocycles. The summed E-state index contributed by atoms with van der Waals surface area (Å²) in [4.78, 5) is 12.3. The molecule has 0 aliphatic heterocycles. The van der Waals surface area contributed by atoms with Crippen LogP contribution in [0.1, 0.15) is 23.0 Å². The summed E-state index contributed by atoms with van der Waals surface area (Å²) in [6.45, 7) is 4.16. The highest BCUT2D eigenvalue weighted by Gasteiger charge is 2.18. The van der Waals surface area contributed by atoms with Crippen molar-refractivity contribution in [2.45, 2.75) is 13.8 Å². The average molecular weight is 356 g/mol. The van der Waals surface area contributed by atoms with Gasteiger partial charge in [-0.3, -0.25) is 0 Å². The molecule has 0 amide bonds. The van der Waals surface area contributed by atoms with Gasteiger partial charge < -0.3 is 4.74 Å². The number of aryl methyl sites for hydroxylation is 1. The molecule has 134 valence electrons. The number of benzene rings is 3. The summed E-state index contributed by atoms with van der Waals surface area (Å²) >= 11 is 0. The molecule has 0 fully saturated rings. The van der Waals surface area contributed by atoms with E-state index in [4.69, 9.17) is 4.74 Å². The van der Waals surface area contributed by atoms with Crippen molar-refractivity contribution in [3.05, 3.63) is 84.1 Å². The van der Waals surface area contributed by atoms with Crippen LogP contribution in [-0.2, 0) is 4.74 Å². The Hall–Kier alpha value is -3.40. The molecule has 4 rings (SSSR count). The van der Waals surface area contributed by atoms with Gasteiger partial charge in [0.2, 0.25) is 0 Å². The zero-order valence-corrected chi connectivity index (χ0v) is 15.3. The van der Waals surface area contributed by atoms with Crippen molar-refractivity contribution >= 4 is 16.7 Å². The molecule has 4 heteroatoms. The second-order valence-corrected chi connectivity index (χ2v) is 6.41. The maximum atomic E-state index is 12.3. The summed E-state index contributed by atoms with van der Waals surface area (Å²) in [6, 6.07) is 24.3. The molecule has 0 spiro atoms. The number of nitrogens with zero attached hydrogens (tertiary/aromatic N) is 2. The van der Waals surface area contributed by atoms with Crippen molar-refractivity contribution in [3.63, 3.8) is 0 Å². The first-order valence-corrected chi connectivity index (χ1v) is 8.99. The van der Waals surface area contributed by atoms with Gasteiger partial charge in [-0.2, -0.15) is 5.10 Å². The van der Waals surface area contributed by atoms with Gasteiger partial charge in [-0.15, -0.1) is 0 Å². The third-order valence-electron chi connectivity index (χ3n) is 4.54. The largest absolute Gasteiger partial charge is 0.461 e. The Labute approximate surface area is 158 Å². The molecule has 0 atom stereocenters. The number of rotatable bonds is 4. The Morgan fingerprint density at radius 2 is 1.74 bits per heavy atom. The van der Waals surface area contributed by atoms with Gasteiger partial charge in [0.05, 0.1) is 18.0 Å². The summed E-state index contributed by atoms with van der Waals surface area (Å²) in [5.41, 5.74) is 4.26. The van der Waals surface area contributed by atoms with Crippen LogP contribution >= 0.6 is 0 Å². The molecule has 1 aromatic heterocycles. The van der Waals surface area contributed by atoms with Gasteiger partial charge in [0.25, 0.3) is 0 Å². The number of ether oxygens (including phenoxy) is 1. The highest BCUT2D eigenvalue weighted by molar-refractivity contribution is 5.97. The van der Waals surface area contributed by atoms with Gasteiger partial charge in [-0.1, -0.05) is 60.2 Å². The van der Waals surface area contributed by atoms with Gasteiger partial charge in [0, 0.05) is 5.56 Å². The van der Waals surface area contributed by atoms with E-state index in [1.165, 1.54) is 5.56 Å². The number of carbonyl (C=O) groups excluding carboxylic acids is 1. The van der Waals surface area contributed by atoms with Crippen molar-refractivity contribution in [3.8, 4) is 16.9 Å². The monoisotopic (exact) mass is 356 g/mol. The summed E-state index contributed by atoms with van der Waals surface area (Å²) in [7, 11) is 0. The first-order chi connectivity index (χ1) is 13.2. The predicted molar refractivity (Wildman–Crippen MR) is 107 cm³/mol. The zero-order valence-electron chi connectivity index (χ0n) is 15.3. The number of aromatic nitrogens is 2. The van der Waals surface area contributed by atoms with Crippen LogP contribution < -0.4 is 0 Å². The van der Waals surface area contributed by atoms with Crippen molar-refractivity contribution < 1.29 is 9.53 Å². The van der Waals surface area contributed by atoms with E-state index in [2.05, 4.69) is 29.4 Å². The second-order valence-electron chi connectivity index (χ2n) is 6.41. The van der Waals surface area contributed by atoms with E-state index in [1.807, 2.05) is 54.1 Å². The third kappa shape index (κ3) is 3.22. The van der Waals surface area contributed by atoms with Gasteiger partial charge in [-0.25, -0.2) is 9.48 Å². The molecular formula is C23H20N2O2. The minimum Gasteiger partial charge on any atom is -0.461 e. The first kappa shape index (κ1) is 17.0. The molecule has 4 nitrogen and oxygen atoms in total. The maximum absolute atomic E-state index is 12.3. The fraction of sp³-hybridized carbons (Fsp3) is 0.130. The lowest BCUT2D eigenvalue weighted by molar-refractivity contribution is 0.0519. The first-order valence-electron chi connectivity index (χ1n) is 8.99. The van der Waals surface area contributed by atoms with Gasteiger partial charge in [0.15, 0.2) is 5.69 Å². The van der Waals surface area contributed by atoms with Crippen LogP contribution in [0.5, 0.6) is 0 Å². The van der Waals surface area contributed by atoms with Gasteiger partial charge in [0.1, 0.15) is 0 Å². The topological polar surface area (TPSA) is 44.1 Å². The number of hydrogen-bond donors (Lipinski definition) is 0. The number of esters is 1. The van der Waals surface area contributed by atoms with E-state index in [1.54, 1.807) is 13.0 Å². The van der Waals surface area contributed by atoms with Crippen LogP contribution in [0.25, 0.3) is 27.7 Å². The fourth-order valence-electron chi connectivity index (χ4n) is 3.21. The Kier molecular flexibility index (Phi) is 4.47. The van der Waals surface area contributed by atoms with E-state index >= 15 is 0 Å². The standard InChI is InChI=1S/C23H20N2O2/c1-3-27-23(26)21-15-22(25(24-21)18-13-11-16(2)12-14-18)20-10-6-8-17-7-4-5-9-19(17)20/h4-15H,3H2,1-2H3. The number of hydrogen-bond acceptors (Lipinski definition) is 3. The van der Waals surface area contributed by atoms with Crippen molar-refractivity contribution in [1.29, 1.82) is 0 Å². The van der Waals surface area contributed by atoms with Crippen LogP contribution in [0.15, 0.2) is 72.8 Å². The lowest BCUT2D eigenvalue weighted by Gasteiger charge is -2.10. The van der Waals surface area contributed by atoms with Crippen LogP contribution in [-0.4, -0.2) is 22.4 Å². The fourth-order valence-corrected chi connectivity index (χ4v) is 3.21. The molecule has 0 radical (unpaired) electrons. The lowest BCUT2D eigenvalue weighted by Crippen LogP contribution is -2.06. The number of carbonyl (C=O) groups is 1. The molecule has 0 aliphatic carbocycles. The Morgan fingerprint density at radius 3 is 2.52 bits per heavy atom. The van der Waals surface area contributed by atoms with Crippen molar-refractivity contribution in [2.24, 2.45) is 0 Å². The molecular weight excluding hydrogens is 336 g/mol. The number of fused-ring (bicyclic) bond motifs is 1. The molecule has 1 heterocycles.